The van der Waals surface area contributed by atoms with Crippen LogP contribution in [0.5, 0.6) is 0 Å². The minimum Gasteiger partial charge on any atom is -0.414 e. The molecule has 2 fully saturated rings. The number of benzene rings is 2. The fourth-order valence-electron chi connectivity index (χ4n) is 7.60. The number of aromatic nitrogens is 4. The summed E-state index contributed by atoms with van der Waals surface area (Å²) in [7, 11) is -5.84. The maximum atomic E-state index is 14.1. The van der Waals surface area contributed by atoms with Gasteiger partial charge in [0.05, 0.1) is 19.5 Å². The van der Waals surface area contributed by atoms with Crippen molar-refractivity contribution >= 4 is 45.9 Å². The second-order valence-corrected chi connectivity index (χ2v) is 23.8. The maximum absolute atomic E-state index is 14.1. The van der Waals surface area contributed by atoms with Crippen molar-refractivity contribution in [1.29, 1.82) is 0 Å². The smallest absolute Gasteiger partial charge is 0.335 e. The normalized spacial score (nSPS) is 22.6. The first-order valence-electron chi connectivity index (χ1n) is 18.4. The Bertz CT molecular complexity index is 1840. The predicted molar refractivity (Wildman–Crippen MR) is 207 cm³/mol. The zero-order valence-corrected chi connectivity index (χ0v) is 33.8. The highest BCUT2D eigenvalue weighted by atomic mass is 28.5. The van der Waals surface area contributed by atoms with E-state index in [4.69, 9.17) is 27.4 Å². The van der Waals surface area contributed by atoms with Crippen LogP contribution < -0.4 is 4.90 Å². The van der Waals surface area contributed by atoms with E-state index in [9.17, 15) is 9.59 Å². The van der Waals surface area contributed by atoms with Crippen LogP contribution >= 0.6 is 0 Å². The van der Waals surface area contributed by atoms with Crippen molar-refractivity contribution in [3.05, 3.63) is 97.1 Å². The van der Waals surface area contributed by atoms with E-state index >= 15 is 0 Å². The van der Waals surface area contributed by atoms with E-state index < -0.39 is 53.5 Å². The lowest BCUT2D eigenvalue weighted by atomic mass is 10.1. The molecule has 2 aliphatic rings. The first-order chi connectivity index (χ1) is 25.4. The number of carbonyl (C=O) groups is 2. The number of hydrogen-bond acceptors (Lipinski definition) is 10. The first-order valence-corrected chi connectivity index (χ1v) is 22.4. The largest absolute Gasteiger partial charge is 0.414 e. The molecule has 2 saturated heterocycles. The molecule has 0 bridgehead atoms. The Morgan fingerprint density at radius 1 is 0.868 bits per heavy atom. The van der Waals surface area contributed by atoms with Crippen LogP contribution in [-0.2, 0) is 22.4 Å². The maximum Gasteiger partial charge on any atom is 0.335 e. The minimum absolute atomic E-state index is 0.0488. The van der Waals surface area contributed by atoms with Crippen molar-refractivity contribution in [2.24, 2.45) is 0 Å². The average Bonchev–Trinajstić information content (AvgIpc) is 3.72. The third-order valence-corrected chi connectivity index (χ3v) is 20.5. The molecule has 282 valence electrons. The van der Waals surface area contributed by atoms with Gasteiger partial charge in [-0.2, -0.15) is 0 Å². The molecule has 0 saturated carbocycles. The summed E-state index contributed by atoms with van der Waals surface area (Å²) in [6.07, 6.45) is 2.17. The van der Waals surface area contributed by atoms with Crippen LogP contribution in [0.15, 0.2) is 86.0 Å². The number of amides is 2. The molecule has 2 amide bonds. The molecule has 4 atom stereocenters. The molecule has 0 spiro atoms. The number of nitrogens with zero attached hydrogens (tertiary/aromatic N) is 5. The van der Waals surface area contributed by atoms with E-state index in [1.807, 2.05) is 12.1 Å². The van der Waals surface area contributed by atoms with Gasteiger partial charge in [-0.25, -0.2) is 19.9 Å². The second kappa shape index (κ2) is 15.8. The highest BCUT2D eigenvalue weighted by Crippen LogP contribution is 2.49. The van der Waals surface area contributed by atoms with Crippen molar-refractivity contribution in [3.63, 3.8) is 0 Å². The summed E-state index contributed by atoms with van der Waals surface area (Å²) >= 11 is 0. The molecule has 12 nitrogen and oxygen atoms in total. The van der Waals surface area contributed by atoms with E-state index in [2.05, 4.69) is 71.9 Å². The highest BCUT2D eigenvalue weighted by Gasteiger charge is 2.62. The lowest BCUT2D eigenvalue weighted by Gasteiger charge is -2.51. The Morgan fingerprint density at radius 3 is 1.96 bits per heavy atom. The molecular weight excluding hydrogens is 707 g/mol. The van der Waals surface area contributed by atoms with E-state index in [1.165, 1.54) is 6.33 Å². The van der Waals surface area contributed by atoms with Gasteiger partial charge in [0.1, 0.15) is 24.6 Å². The quantitative estimate of drug-likeness (QED) is 0.0852. The number of imide groups is 1. The molecule has 2 aliphatic heterocycles. The number of fused-ring (bicyclic) bond motifs is 2. The van der Waals surface area contributed by atoms with Crippen molar-refractivity contribution in [3.8, 4) is 0 Å². The lowest BCUT2D eigenvalue weighted by Crippen LogP contribution is -2.66. The number of imidazole rings is 1. The van der Waals surface area contributed by atoms with Gasteiger partial charge in [-0.1, -0.05) is 97.9 Å². The fraction of sp³-hybridized carbons (Fsp3) is 0.462. The molecule has 0 N–H and O–H groups in total. The Balaban J connectivity index is 1.46. The van der Waals surface area contributed by atoms with E-state index in [0.717, 1.165) is 4.90 Å². The first kappa shape index (κ1) is 38.8. The van der Waals surface area contributed by atoms with Crippen LogP contribution in [0.25, 0.3) is 11.2 Å². The topological polar surface area (TPSA) is 127 Å². The summed E-state index contributed by atoms with van der Waals surface area (Å²) in [6, 6.07) is 17.2. The monoisotopic (exact) mass is 757 g/mol. The molecule has 2 aromatic carbocycles. The van der Waals surface area contributed by atoms with Gasteiger partial charge < -0.3 is 22.4 Å². The lowest BCUT2D eigenvalue weighted by molar-refractivity contribution is -0.0642. The fourth-order valence-corrected chi connectivity index (χ4v) is 18.8. The summed E-state index contributed by atoms with van der Waals surface area (Å²) in [5.74, 6) is -1.05. The molecular formula is C39H51N5O7Si2. The van der Waals surface area contributed by atoms with Crippen LogP contribution in [0.4, 0.5) is 5.82 Å². The summed E-state index contributed by atoms with van der Waals surface area (Å²) in [5.41, 5.74) is 1.79. The van der Waals surface area contributed by atoms with Crippen molar-refractivity contribution < 1.29 is 32.0 Å². The minimum atomic E-state index is -3.01. The van der Waals surface area contributed by atoms with Gasteiger partial charge in [0.15, 0.2) is 23.2 Å². The zero-order valence-electron chi connectivity index (χ0n) is 31.8. The molecule has 2 aromatic heterocycles. The van der Waals surface area contributed by atoms with Gasteiger partial charge in [-0.15, -0.1) is 6.58 Å². The van der Waals surface area contributed by atoms with Crippen LogP contribution in [-0.4, -0.2) is 80.0 Å². The van der Waals surface area contributed by atoms with E-state index in [-0.39, 0.29) is 46.7 Å². The molecule has 14 heteroatoms. The number of rotatable bonds is 11. The Kier molecular flexibility index (Phi) is 11.6. The zero-order chi connectivity index (χ0) is 38.1. The summed E-state index contributed by atoms with van der Waals surface area (Å²) in [6.45, 7) is 21.8. The van der Waals surface area contributed by atoms with E-state index in [1.54, 1.807) is 65.5 Å². The van der Waals surface area contributed by atoms with Gasteiger partial charge >= 0.3 is 17.1 Å². The second-order valence-electron chi connectivity index (χ2n) is 14.9. The predicted octanol–water partition coefficient (Wildman–Crippen LogP) is 7.74. The number of carbonyl (C=O) groups excluding carboxylic acids is 2. The molecule has 6 rings (SSSR count). The van der Waals surface area contributed by atoms with Crippen LogP contribution in [0.1, 0.15) is 82.3 Å². The standard InChI is InChI=1S/C39H51N5O7Si2/c1-10-21-47-34-33-31(22-48-52(25(2)3,26(4)5)51-53(50-33,27(6)7)28(8)9)49-39(34)43-24-42-32-35(43)40-23-41-36(32)44(37(45)29-17-13-11-14-18-29)38(46)30-19-15-12-16-20-30/h10-20,23-28,31,33-34,39H,1,21-22H2,2-9H3/t31-,33-,34-,39-/m1/s1. The average molecular weight is 758 g/mol. The van der Waals surface area contributed by atoms with Crippen LogP contribution in [0.3, 0.4) is 0 Å². The van der Waals surface area contributed by atoms with Gasteiger partial charge in [-0.05, 0) is 46.4 Å². The Labute approximate surface area is 314 Å². The Hall–Kier alpha value is -3.90. The number of ether oxygens (including phenoxy) is 2. The van der Waals surface area contributed by atoms with Crippen LogP contribution in [0, 0.1) is 0 Å². The number of hydrogen-bond donors (Lipinski definition) is 0. The van der Waals surface area contributed by atoms with Crippen molar-refractivity contribution in [2.45, 2.75) is 102 Å². The van der Waals surface area contributed by atoms with Crippen LogP contribution in [0.2, 0.25) is 22.2 Å². The summed E-state index contributed by atoms with van der Waals surface area (Å²) in [4.78, 5) is 43.1. The molecule has 0 aliphatic carbocycles. The van der Waals surface area contributed by atoms with E-state index in [0.29, 0.717) is 16.8 Å². The third-order valence-electron chi connectivity index (χ3n) is 10.3. The molecule has 0 unspecified atom stereocenters. The van der Waals surface area contributed by atoms with Gasteiger partial charge in [0.25, 0.3) is 11.8 Å². The van der Waals surface area contributed by atoms with Crippen molar-refractivity contribution in [2.75, 3.05) is 18.1 Å². The SMILES string of the molecule is C=CCO[C@@H]1[C@@H]2O[Si](C(C)C)(C(C)C)O[Si](C(C)C)(C(C)C)OC[C@H]2O[C@H]1n1cnc2c(N(C(=O)c3ccccc3)C(=O)c3ccccc3)ncnc21. The molecule has 53 heavy (non-hydrogen) atoms. The number of anilines is 1. The molecule has 4 heterocycles. The van der Waals surface area contributed by atoms with Gasteiger partial charge in [-0.3, -0.25) is 14.2 Å². The summed E-state index contributed by atoms with van der Waals surface area (Å²) in [5, 5.41) is 0. The highest BCUT2D eigenvalue weighted by molar-refractivity contribution is 6.84. The van der Waals surface area contributed by atoms with Crippen molar-refractivity contribution in [1.82, 2.24) is 19.5 Å². The van der Waals surface area contributed by atoms with Gasteiger partial charge in [0, 0.05) is 11.1 Å². The molecule has 4 aromatic rings. The molecule has 0 radical (unpaired) electrons. The Morgan fingerprint density at radius 2 is 1.43 bits per heavy atom. The van der Waals surface area contributed by atoms with Gasteiger partial charge in [0.2, 0.25) is 0 Å². The summed E-state index contributed by atoms with van der Waals surface area (Å²) < 4.78 is 37.0. The third kappa shape index (κ3) is 7.09.